The highest BCUT2D eigenvalue weighted by Crippen LogP contribution is 2.34. The van der Waals surface area contributed by atoms with E-state index in [1.54, 1.807) is 29.6 Å². The summed E-state index contributed by atoms with van der Waals surface area (Å²) in [5, 5.41) is -0.667. The first kappa shape index (κ1) is 17.7. The van der Waals surface area contributed by atoms with Gasteiger partial charge in [-0.05, 0) is 50.8 Å². The molecule has 0 bridgehead atoms. The largest absolute Gasteiger partial charge is 0.475 e. The van der Waals surface area contributed by atoms with E-state index >= 15 is 0 Å². The van der Waals surface area contributed by atoms with E-state index in [-0.39, 0.29) is 6.10 Å². The predicted molar refractivity (Wildman–Crippen MR) is 99.4 cm³/mol. The van der Waals surface area contributed by atoms with Gasteiger partial charge < -0.3 is 4.74 Å². The number of pyridine rings is 1. The molecule has 1 aromatic carbocycles. The standard InChI is InChI=1S/C19H24N2O3S/c1-14(2)24-19-11-10-17(13-20-19)15(3)25(22,23)21-12-6-8-16-7-4-5-9-18(16)21/h4-5,7,9-11,13-15H,6,8,12H2,1-3H3. The molecule has 0 fully saturated rings. The molecule has 134 valence electrons. The fraction of sp³-hybridized carbons (Fsp3) is 0.421. The molecule has 2 aromatic rings. The SMILES string of the molecule is CC(C)Oc1ccc(C(C)S(=O)(=O)N2CCCc3ccccc32)cn1. The van der Waals surface area contributed by atoms with Crippen LogP contribution < -0.4 is 9.04 Å². The van der Waals surface area contributed by atoms with E-state index in [1.807, 2.05) is 38.1 Å². The molecule has 0 radical (unpaired) electrons. The first-order valence-electron chi connectivity index (χ1n) is 8.61. The molecule has 0 saturated carbocycles. The molecule has 3 rings (SSSR count). The van der Waals surface area contributed by atoms with Crippen LogP contribution in [0.15, 0.2) is 42.6 Å². The molecule has 1 aliphatic rings. The summed E-state index contributed by atoms with van der Waals surface area (Å²) in [6.45, 7) is 6.09. The number of ether oxygens (including phenoxy) is 1. The average molecular weight is 360 g/mol. The van der Waals surface area contributed by atoms with Crippen molar-refractivity contribution in [3.63, 3.8) is 0 Å². The third-order valence-electron chi connectivity index (χ3n) is 4.41. The van der Waals surface area contributed by atoms with Gasteiger partial charge in [0, 0.05) is 18.8 Å². The lowest BCUT2D eigenvalue weighted by Crippen LogP contribution is -2.37. The maximum absolute atomic E-state index is 13.2. The fourth-order valence-electron chi connectivity index (χ4n) is 3.07. The number of para-hydroxylation sites is 1. The Hall–Kier alpha value is -2.08. The van der Waals surface area contributed by atoms with Crippen molar-refractivity contribution in [3.05, 3.63) is 53.7 Å². The molecule has 0 aliphatic carbocycles. The molecular weight excluding hydrogens is 336 g/mol. The Morgan fingerprint density at radius 2 is 1.88 bits per heavy atom. The van der Waals surface area contributed by atoms with Crippen LogP contribution in [0.5, 0.6) is 5.88 Å². The van der Waals surface area contributed by atoms with E-state index in [2.05, 4.69) is 4.98 Å². The summed E-state index contributed by atoms with van der Waals surface area (Å²) in [6, 6.07) is 11.2. The summed E-state index contributed by atoms with van der Waals surface area (Å²) in [7, 11) is -3.51. The van der Waals surface area contributed by atoms with Crippen molar-refractivity contribution in [2.45, 2.75) is 45.0 Å². The molecule has 0 spiro atoms. The maximum Gasteiger partial charge on any atom is 0.242 e. The number of fused-ring (bicyclic) bond motifs is 1. The van der Waals surface area contributed by atoms with Gasteiger partial charge in [0.05, 0.1) is 11.8 Å². The third-order valence-corrected chi connectivity index (χ3v) is 6.57. The normalized spacial score (nSPS) is 15.8. The minimum atomic E-state index is -3.51. The first-order valence-corrected chi connectivity index (χ1v) is 10.1. The molecule has 0 saturated heterocycles. The van der Waals surface area contributed by atoms with E-state index in [4.69, 9.17) is 4.74 Å². The summed E-state index contributed by atoms with van der Waals surface area (Å²) in [5.41, 5.74) is 2.55. The molecule has 0 N–H and O–H groups in total. The fourth-order valence-corrected chi connectivity index (χ4v) is 4.77. The lowest BCUT2D eigenvalue weighted by atomic mass is 10.0. The molecule has 25 heavy (non-hydrogen) atoms. The van der Waals surface area contributed by atoms with E-state index in [0.717, 1.165) is 24.1 Å². The summed E-state index contributed by atoms with van der Waals surface area (Å²) < 4.78 is 33.4. The first-order chi connectivity index (χ1) is 11.9. The third kappa shape index (κ3) is 3.63. The Morgan fingerprint density at radius 1 is 1.12 bits per heavy atom. The van der Waals surface area contributed by atoms with Gasteiger partial charge in [-0.1, -0.05) is 24.3 Å². The van der Waals surface area contributed by atoms with Crippen LogP contribution in [0.25, 0.3) is 0 Å². The topological polar surface area (TPSA) is 59.5 Å². The van der Waals surface area contributed by atoms with Gasteiger partial charge in [-0.15, -0.1) is 0 Å². The number of anilines is 1. The zero-order valence-electron chi connectivity index (χ0n) is 14.8. The second-order valence-electron chi connectivity index (χ2n) is 6.59. The maximum atomic E-state index is 13.2. The van der Waals surface area contributed by atoms with Gasteiger partial charge in [0.25, 0.3) is 0 Å². The van der Waals surface area contributed by atoms with Gasteiger partial charge >= 0.3 is 0 Å². The van der Waals surface area contributed by atoms with E-state index in [1.165, 1.54) is 0 Å². The van der Waals surface area contributed by atoms with Crippen molar-refractivity contribution >= 4 is 15.7 Å². The van der Waals surface area contributed by atoms with Crippen LogP contribution >= 0.6 is 0 Å². The predicted octanol–water partition coefficient (Wildman–Crippen LogP) is 3.71. The average Bonchev–Trinajstić information content (AvgIpc) is 2.60. The second-order valence-corrected chi connectivity index (χ2v) is 8.77. The number of hydrogen-bond acceptors (Lipinski definition) is 4. The van der Waals surface area contributed by atoms with Gasteiger partial charge in [-0.2, -0.15) is 0 Å². The zero-order valence-corrected chi connectivity index (χ0v) is 15.7. The lowest BCUT2D eigenvalue weighted by Gasteiger charge is -2.32. The number of aryl methyl sites for hydroxylation is 1. The molecular formula is C19H24N2O3S. The molecule has 1 aliphatic heterocycles. The number of benzene rings is 1. The van der Waals surface area contributed by atoms with Crippen LogP contribution in [-0.2, 0) is 16.4 Å². The minimum Gasteiger partial charge on any atom is -0.475 e. The van der Waals surface area contributed by atoms with Crippen LogP contribution in [-0.4, -0.2) is 26.1 Å². The summed E-state index contributed by atoms with van der Waals surface area (Å²) in [4.78, 5) is 4.24. The number of nitrogens with zero attached hydrogens (tertiary/aromatic N) is 2. The van der Waals surface area contributed by atoms with Crippen LogP contribution in [0, 0.1) is 0 Å². The van der Waals surface area contributed by atoms with Crippen molar-refractivity contribution in [2.24, 2.45) is 0 Å². The molecule has 1 unspecified atom stereocenters. The second kappa shape index (κ2) is 7.04. The molecule has 6 heteroatoms. The quantitative estimate of drug-likeness (QED) is 0.815. The number of hydrogen-bond donors (Lipinski definition) is 0. The number of sulfonamides is 1. The van der Waals surface area contributed by atoms with Crippen molar-refractivity contribution in [3.8, 4) is 5.88 Å². The van der Waals surface area contributed by atoms with Crippen molar-refractivity contribution in [2.75, 3.05) is 10.8 Å². The van der Waals surface area contributed by atoms with Crippen molar-refractivity contribution in [1.82, 2.24) is 4.98 Å². The van der Waals surface area contributed by atoms with Crippen LogP contribution in [0.3, 0.4) is 0 Å². The molecule has 1 atom stereocenters. The van der Waals surface area contributed by atoms with E-state index in [9.17, 15) is 8.42 Å². The van der Waals surface area contributed by atoms with Crippen LogP contribution in [0.4, 0.5) is 5.69 Å². The molecule has 2 heterocycles. The Morgan fingerprint density at radius 3 is 2.56 bits per heavy atom. The van der Waals surface area contributed by atoms with E-state index < -0.39 is 15.3 Å². The molecule has 0 amide bonds. The highest BCUT2D eigenvalue weighted by molar-refractivity contribution is 7.93. The van der Waals surface area contributed by atoms with Crippen molar-refractivity contribution < 1.29 is 13.2 Å². The Balaban J connectivity index is 1.87. The summed E-state index contributed by atoms with van der Waals surface area (Å²) >= 11 is 0. The summed E-state index contributed by atoms with van der Waals surface area (Å²) in [6.07, 6.45) is 3.38. The Kier molecular flexibility index (Phi) is 4.99. The highest BCUT2D eigenvalue weighted by atomic mass is 32.2. The smallest absolute Gasteiger partial charge is 0.242 e. The highest BCUT2D eigenvalue weighted by Gasteiger charge is 2.33. The Labute approximate surface area is 149 Å². The number of rotatable bonds is 5. The van der Waals surface area contributed by atoms with Gasteiger partial charge in [0.15, 0.2) is 0 Å². The van der Waals surface area contributed by atoms with Crippen molar-refractivity contribution in [1.29, 1.82) is 0 Å². The van der Waals surface area contributed by atoms with Gasteiger partial charge in [0.2, 0.25) is 15.9 Å². The van der Waals surface area contributed by atoms with Gasteiger partial charge in [-0.3, -0.25) is 4.31 Å². The molecule has 5 nitrogen and oxygen atoms in total. The zero-order chi connectivity index (χ0) is 18.0. The Bertz CT molecular complexity index is 832. The van der Waals surface area contributed by atoms with Crippen LogP contribution in [0.2, 0.25) is 0 Å². The summed E-state index contributed by atoms with van der Waals surface area (Å²) in [5.74, 6) is 0.506. The number of aromatic nitrogens is 1. The minimum absolute atomic E-state index is 0.0318. The van der Waals surface area contributed by atoms with Gasteiger partial charge in [-0.25, -0.2) is 13.4 Å². The van der Waals surface area contributed by atoms with Crippen LogP contribution in [0.1, 0.15) is 43.6 Å². The lowest BCUT2D eigenvalue weighted by molar-refractivity contribution is 0.232. The molecule has 1 aromatic heterocycles. The van der Waals surface area contributed by atoms with E-state index in [0.29, 0.717) is 18.0 Å². The monoisotopic (exact) mass is 360 g/mol. The van der Waals surface area contributed by atoms with Gasteiger partial charge in [0.1, 0.15) is 5.25 Å².